The van der Waals surface area contributed by atoms with Crippen LogP contribution in [0.15, 0.2) is 42.5 Å². The highest BCUT2D eigenvalue weighted by atomic mass is 16.2. The number of amides is 3. The van der Waals surface area contributed by atoms with Crippen molar-refractivity contribution in [1.82, 2.24) is 10.2 Å². The van der Waals surface area contributed by atoms with Crippen molar-refractivity contribution in [2.75, 3.05) is 49.1 Å². The van der Waals surface area contributed by atoms with Crippen molar-refractivity contribution in [1.29, 1.82) is 0 Å². The number of carbonyl (C=O) groups excluding carboxylic acids is 3. The Morgan fingerprint density at radius 1 is 0.900 bits per heavy atom. The number of nitrogens with zero attached hydrogens (tertiary/aromatic N) is 3. The van der Waals surface area contributed by atoms with Gasteiger partial charge in [-0.2, -0.15) is 0 Å². The molecule has 2 fully saturated rings. The summed E-state index contributed by atoms with van der Waals surface area (Å²) in [7, 11) is 0. The van der Waals surface area contributed by atoms with Crippen LogP contribution in [0.1, 0.15) is 33.2 Å². The monoisotopic (exact) mass is 406 g/mol. The fourth-order valence-electron chi connectivity index (χ4n) is 4.05. The minimum atomic E-state index is -0.0929. The van der Waals surface area contributed by atoms with Gasteiger partial charge in [0.2, 0.25) is 0 Å². The molecule has 2 aliphatic rings. The molecule has 7 heteroatoms. The highest BCUT2D eigenvalue weighted by Gasteiger charge is 2.25. The second kappa shape index (κ2) is 8.18. The van der Waals surface area contributed by atoms with Gasteiger partial charge in [-0.05, 0) is 61.9 Å². The molecular formula is C23H26N4O3. The number of hydrogen-bond donors (Lipinski definition) is 1. The van der Waals surface area contributed by atoms with Crippen LogP contribution in [-0.2, 0) is 0 Å². The topological polar surface area (TPSA) is 73.0 Å². The fourth-order valence-corrected chi connectivity index (χ4v) is 4.05. The average Bonchev–Trinajstić information content (AvgIpc) is 3.19. The van der Waals surface area contributed by atoms with E-state index in [1.54, 1.807) is 11.8 Å². The van der Waals surface area contributed by atoms with Crippen molar-refractivity contribution in [2.24, 2.45) is 0 Å². The Balaban J connectivity index is 1.40. The summed E-state index contributed by atoms with van der Waals surface area (Å²) in [5.74, 6) is 0.0748. The van der Waals surface area contributed by atoms with Crippen LogP contribution in [0.4, 0.5) is 16.2 Å². The van der Waals surface area contributed by atoms with Gasteiger partial charge in [0.05, 0.1) is 0 Å². The van der Waals surface area contributed by atoms with Gasteiger partial charge in [0.15, 0.2) is 5.78 Å². The van der Waals surface area contributed by atoms with Gasteiger partial charge in [-0.25, -0.2) is 4.79 Å². The van der Waals surface area contributed by atoms with Gasteiger partial charge in [0, 0.05) is 61.8 Å². The van der Waals surface area contributed by atoms with E-state index in [-0.39, 0.29) is 17.7 Å². The Morgan fingerprint density at radius 3 is 2.13 bits per heavy atom. The van der Waals surface area contributed by atoms with Gasteiger partial charge < -0.3 is 15.1 Å². The van der Waals surface area contributed by atoms with E-state index in [9.17, 15) is 14.4 Å². The molecule has 2 heterocycles. The first-order valence-electron chi connectivity index (χ1n) is 10.3. The third-order valence-electron chi connectivity index (χ3n) is 5.80. The summed E-state index contributed by atoms with van der Waals surface area (Å²) >= 11 is 0. The number of hydrogen-bond acceptors (Lipinski definition) is 4. The predicted octanol–water partition coefficient (Wildman–Crippen LogP) is 2.69. The van der Waals surface area contributed by atoms with E-state index in [4.69, 9.17) is 0 Å². The molecule has 2 aromatic carbocycles. The van der Waals surface area contributed by atoms with E-state index in [2.05, 4.69) is 10.2 Å². The van der Waals surface area contributed by atoms with E-state index in [1.165, 1.54) is 0 Å². The van der Waals surface area contributed by atoms with E-state index in [1.807, 2.05) is 54.3 Å². The molecule has 0 saturated carbocycles. The molecule has 0 atom stereocenters. The minimum absolute atomic E-state index is 0.0158. The fraction of sp³-hybridized carbons (Fsp3) is 0.348. The Kier molecular flexibility index (Phi) is 5.44. The van der Waals surface area contributed by atoms with Crippen molar-refractivity contribution in [3.63, 3.8) is 0 Å². The maximum atomic E-state index is 13.0. The van der Waals surface area contributed by atoms with Crippen LogP contribution < -0.4 is 15.1 Å². The number of carbonyl (C=O) groups is 3. The molecule has 2 saturated heterocycles. The number of piperazine rings is 1. The SMILES string of the molecule is CC(=O)c1ccc(N2CCN(C(=O)c3ccc(N4CCNC4=O)c(C)c3)CC2)cc1. The Labute approximate surface area is 176 Å². The molecule has 1 N–H and O–H groups in total. The van der Waals surface area contributed by atoms with Crippen LogP contribution in [0.25, 0.3) is 0 Å². The van der Waals surface area contributed by atoms with Gasteiger partial charge in [0.1, 0.15) is 0 Å². The normalized spacial score (nSPS) is 16.6. The number of anilines is 2. The number of nitrogens with one attached hydrogen (secondary N) is 1. The van der Waals surface area contributed by atoms with Crippen LogP contribution in [0, 0.1) is 6.92 Å². The molecular weight excluding hydrogens is 380 g/mol. The standard InChI is InChI=1S/C23H26N4O3/c1-16-15-19(5-8-21(16)27-10-9-24-23(27)30)22(29)26-13-11-25(12-14-26)20-6-3-18(4-7-20)17(2)28/h3-8,15H,9-14H2,1-2H3,(H,24,30). The molecule has 0 unspecified atom stereocenters. The molecule has 3 amide bonds. The zero-order valence-electron chi connectivity index (χ0n) is 17.4. The van der Waals surface area contributed by atoms with Crippen molar-refractivity contribution in [3.05, 3.63) is 59.2 Å². The molecule has 0 radical (unpaired) electrons. The van der Waals surface area contributed by atoms with Crippen molar-refractivity contribution in [2.45, 2.75) is 13.8 Å². The number of ketones is 1. The summed E-state index contributed by atoms with van der Waals surface area (Å²) in [5.41, 5.74) is 4.19. The van der Waals surface area contributed by atoms with E-state index in [0.29, 0.717) is 37.3 Å². The molecule has 0 bridgehead atoms. The van der Waals surface area contributed by atoms with Crippen molar-refractivity contribution >= 4 is 29.1 Å². The lowest BCUT2D eigenvalue weighted by atomic mass is 10.1. The average molecular weight is 406 g/mol. The number of rotatable bonds is 4. The number of aryl methyl sites for hydroxylation is 1. The van der Waals surface area contributed by atoms with Crippen LogP contribution in [0.2, 0.25) is 0 Å². The Hall–Kier alpha value is -3.35. The predicted molar refractivity (Wildman–Crippen MR) is 116 cm³/mol. The number of benzene rings is 2. The summed E-state index contributed by atoms with van der Waals surface area (Å²) in [6.45, 7) is 7.55. The van der Waals surface area contributed by atoms with Crippen LogP contribution in [0.5, 0.6) is 0 Å². The summed E-state index contributed by atoms with van der Waals surface area (Å²) in [5, 5.41) is 2.80. The molecule has 2 aromatic rings. The molecule has 0 aromatic heterocycles. The first-order valence-corrected chi connectivity index (χ1v) is 10.3. The number of Topliss-reactive ketones (excluding diaryl/α,β-unsaturated/α-hetero) is 1. The third kappa shape index (κ3) is 3.87. The summed E-state index contributed by atoms with van der Waals surface area (Å²) in [4.78, 5) is 42.2. The lowest BCUT2D eigenvalue weighted by Gasteiger charge is -2.36. The maximum absolute atomic E-state index is 13.0. The zero-order chi connectivity index (χ0) is 21.3. The third-order valence-corrected chi connectivity index (χ3v) is 5.80. The van der Waals surface area contributed by atoms with Gasteiger partial charge in [-0.3, -0.25) is 14.5 Å². The Morgan fingerprint density at radius 2 is 1.57 bits per heavy atom. The Bertz CT molecular complexity index is 978. The van der Waals surface area contributed by atoms with Crippen LogP contribution in [-0.4, -0.2) is 61.9 Å². The largest absolute Gasteiger partial charge is 0.368 e. The van der Waals surface area contributed by atoms with Gasteiger partial charge >= 0.3 is 6.03 Å². The zero-order valence-corrected chi connectivity index (χ0v) is 17.4. The lowest BCUT2D eigenvalue weighted by Crippen LogP contribution is -2.48. The molecule has 2 aliphatic heterocycles. The minimum Gasteiger partial charge on any atom is -0.368 e. The number of urea groups is 1. The van der Waals surface area contributed by atoms with Crippen molar-refractivity contribution in [3.8, 4) is 0 Å². The molecule has 0 aliphatic carbocycles. The highest BCUT2D eigenvalue weighted by molar-refractivity contribution is 5.98. The quantitative estimate of drug-likeness (QED) is 0.793. The van der Waals surface area contributed by atoms with Gasteiger partial charge in [0.25, 0.3) is 5.91 Å². The van der Waals surface area contributed by atoms with Gasteiger partial charge in [-0.1, -0.05) is 0 Å². The first-order chi connectivity index (χ1) is 14.4. The summed E-state index contributed by atoms with van der Waals surface area (Å²) in [6, 6.07) is 13.1. The smallest absolute Gasteiger partial charge is 0.322 e. The van der Waals surface area contributed by atoms with E-state index in [0.717, 1.165) is 30.0 Å². The highest BCUT2D eigenvalue weighted by Crippen LogP contribution is 2.24. The van der Waals surface area contributed by atoms with Crippen molar-refractivity contribution < 1.29 is 14.4 Å². The molecule has 0 spiro atoms. The second-order valence-corrected chi connectivity index (χ2v) is 7.77. The second-order valence-electron chi connectivity index (χ2n) is 7.77. The van der Waals surface area contributed by atoms with Crippen LogP contribution >= 0.6 is 0 Å². The molecule has 156 valence electrons. The summed E-state index contributed by atoms with van der Waals surface area (Å²) < 4.78 is 0. The molecule has 4 rings (SSSR count). The maximum Gasteiger partial charge on any atom is 0.322 e. The van der Waals surface area contributed by atoms with E-state index >= 15 is 0 Å². The lowest BCUT2D eigenvalue weighted by molar-refractivity contribution is 0.0746. The first kappa shape index (κ1) is 19.9. The van der Waals surface area contributed by atoms with Crippen LogP contribution in [0.3, 0.4) is 0 Å². The van der Waals surface area contributed by atoms with E-state index < -0.39 is 0 Å². The van der Waals surface area contributed by atoms with Gasteiger partial charge in [-0.15, -0.1) is 0 Å². The molecule has 30 heavy (non-hydrogen) atoms. The summed E-state index contributed by atoms with van der Waals surface area (Å²) in [6.07, 6.45) is 0. The molecule has 7 nitrogen and oxygen atoms in total.